The monoisotopic (exact) mass is 407 g/mol. The van der Waals surface area contributed by atoms with Crippen LogP contribution in [0.1, 0.15) is 39.0 Å². The van der Waals surface area contributed by atoms with E-state index in [-0.39, 0.29) is 27.5 Å². The van der Waals surface area contributed by atoms with Crippen molar-refractivity contribution in [3.63, 3.8) is 0 Å². The predicted molar refractivity (Wildman–Crippen MR) is 108 cm³/mol. The molecule has 7 heteroatoms. The number of hydrogen-bond acceptors (Lipinski definition) is 5. The first-order valence-electron chi connectivity index (χ1n) is 9.46. The molecule has 152 valence electrons. The lowest BCUT2D eigenvalue weighted by atomic mass is 10.0. The molecule has 0 fully saturated rings. The molecule has 0 unspecified atom stereocenters. The molecule has 0 aromatic heterocycles. The third kappa shape index (κ3) is 3.50. The largest absolute Gasteiger partial charge is 0.507 e. The number of phenolic OH excluding ortho intramolecular Hbond substituents is 1. The third-order valence-electron chi connectivity index (χ3n) is 5.25. The summed E-state index contributed by atoms with van der Waals surface area (Å²) in [4.78, 5) is 23.7. The Kier molecular flexibility index (Phi) is 4.95. The Morgan fingerprint density at radius 2 is 1.80 bits per heavy atom. The van der Waals surface area contributed by atoms with Gasteiger partial charge in [0, 0.05) is 22.8 Å². The van der Waals surface area contributed by atoms with Crippen molar-refractivity contribution in [3.8, 4) is 17.2 Å². The molecule has 6 nitrogen and oxygen atoms in total. The molecule has 0 saturated heterocycles. The van der Waals surface area contributed by atoms with Gasteiger partial charge in [0.15, 0.2) is 5.78 Å². The van der Waals surface area contributed by atoms with E-state index >= 15 is 0 Å². The van der Waals surface area contributed by atoms with E-state index in [1.165, 1.54) is 48.5 Å². The molecule has 0 amide bonds. The van der Waals surface area contributed by atoms with Crippen molar-refractivity contribution in [1.82, 2.24) is 0 Å². The lowest BCUT2D eigenvalue weighted by Crippen LogP contribution is -2.03. The molecule has 0 spiro atoms. The van der Waals surface area contributed by atoms with Crippen LogP contribution in [0.3, 0.4) is 0 Å². The topological polar surface area (TPSA) is 89.7 Å². The van der Waals surface area contributed by atoms with Crippen LogP contribution in [0.15, 0.2) is 48.5 Å². The highest BCUT2D eigenvalue weighted by Gasteiger charge is 2.28. The standard InChI is InChI=1S/C23H18FNO5/c1-13-11-20(25(28)29)17-3-2-4-18(17)23(13)30-16-9-10-21(26)19(12-16)22(27)14-5-7-15(24)8-6-14/h5-12,26H,2-4H2,1H3. The van der Waals surface area contributed by atoms with E-state index in [9.17, 15) is 24.4 Å². The van der Waals surface area contributed by atoms with Gasteiger partial charge in [0.1, 0.15) is 23.1 Å². The number of carbonyl (C=O) groups excluding carboxylic acids is 1. The van der Waals surface area contributed by atoms with Crippen LogP contribution < -0.4 is 4.74 Å². The average molecular weight is 407 g/mol. The summed E-state index contributed by atoms with van der Waals surface area (Å²) in [7, 11) is 0. The van der Waals surface area contributed by atoms with Crippen LogP contribution in [-0.4, -0.2) is 15.8 Å². The lowest BCUT2D eigenvalue weighted by molar-refractivity contribution is -0.385. The molecule has 3 aromatic rings. The van der Waals surface area contributed by atoms with Gasteiger partial charge in [0.2, 0.25) is 0 Å². The Morgan fingerprint density at radius 1 is 1.10 bits per heavy atom. The number of phenols is 1. The summed E-state index contributed by atoms with van der Waals surface area (Å²) in [5.74, 6) is -0.287. The third-order valence-corrected chi connectivity index (χ3v) is 5.25. The molecular weight excluding hydrogens is 389 g/mol. The highest BCUT2D eigenvalue weighted by Crippen LogP contribution is 2.42. The minimum Gasteiger partial charge on any atom is -0.507 e. The van der Waals surface area contributed by atoms with E-state index in [0.29, 0.717) is 35.5 Å². The number of benzene rings is 3. The van der Waals surface area contributed by atoms with Crippen molar-refractivity contribution in [2.24, 2.45) is 0 Å². The number of nitro groups is 1. The summed E-state index contributed by atoms with van der Waals surface area (Å²) in [6.07, 6.45) is 2.10. The second-order valence-electron chi connectivity index (χ2n) is 7.23. The van der Waals surface area contributed by atoms with Crippen LogP contribution in [-0.2, 0) is 12.8 Å². The normalized spacial score (nSPS) is 12.5. The molecule has 4 rings (SSSR count). The molecule has 1 aliphatic carbocycles. The van der Waals surface area contributed by atoms with Crippen LogP contribution in [0, 0.1) is 22.9 Å². The van der Waals surface area contributed by atoms with Gasteiger partial charge < -0.3 is 9.84 Å². The fourth-order valence-corrected chi connectivity index (χ4v) is 3.81. The van der Waals surface area contributed by atoms with Crippen LogP contribution in [0.4, 0.5) is 10.1 Å². The van der Waals surface area contributed by atoms with E-state index < -0.39 is 11.6 Å². The molecule has 0 saturated carbocycles. The van der Waals surface area contributed by atoms with Gasteiger partial charge in [0.05, 0.1) is 10.5 Å². The number of nitrogens with zero attached hydrogens (tertiary/aromatic N) is 1. The maximum absolute atomic E-state index is 13.1. The number of nitro benzene ring substituents is 1. The number of aryl methyl sites for hydroxylation is 1. The minimum absolute atomic E-state index is 0.0234. The number of ketones is 1. The van der Waals surface area contributed by atoms with E-state index in [2.05, 4.69) is 0 Å². The molecule has 30 heavy (non-hydrogen) atoms. The second kappa shape index (κ2) is 7.59. The zero-order chi connectivity index (χ0) is 21.4. The van der Waals surface area contributed by atoms with E-state index in [0.717, 1.165) is 12.0 Å². The van der Waals surface area contributed by atoms with Gasteiger partial charge in [0.25, 0.3) is 5.69 Å². The molecular formula is C23H18FNO5. The van der Waals surface area contributed by atoms with Crippen molar-refractivity contribution in [3.05, 3.63) is 92.3 Å². The molecule has 0 radical (unpaired) electrons. The maximum Gasteiger partial charge on any atom is 0.273 e. The van der Waals surface area contributed by atoms with E-state index in [1.54, 1.807) is 6.92 Å². The Hall–Kier alpha value is -3.74. The fraction of sp³-hybridized carbons (Fsp3) is 0.174. The summed E-state index contributed by atoms with van der Waals surface area (Å²) in [6, 6.07) is 10.8. The van der Waals surface area contributed by atoms with Gasteiger partial charge >= 0.3 is 0 Å². The first-order chi connectivity index (χ1) is 14.3. The number of rotatable bonds is 5. The van der Waals surface area contributed by atoms with Crippen LogP contribution in [0.5, 0.6) is 17.2 Å². The Bertz CT molecular complexity index is 1170. The molecule has 0 heterocycles. The Morgan fingerprint density at radius 3 is 2.50 bits per heavy atom. The number of ether oxygens (including phenoxy) is 1. The summed E-state index contributed by atoms with van der Waals surface area (Å²) in [6.45, 7) is 1.74. The highest BCUT2D eigenvalue weighted by atomic mass is 19.1. The zero-order valence-corrected chi connectivity index (χ0v) is 16.1. The lowest BCUT2D eigenvalue weighted by Gasteiger charge is -2.15. The summed E-state index contributed by atoms with van der Waals surface area (Å²) in [5.41, 5.74) is 2.47. The summed E-state index contributed by atoms with van der Waals surface area (Å²) < 4.78 is 19.2. The number of carbonyl (C=O) groups is 1. The SMILES string of the molecule is Cc1cc([N+](=O)[O-])c2c(c1Oc1ccc(O)c(C(=O)c3ccc(F)cc3)c1)CCC2. The van der Waals surface area contributed by atoms with Gasteiger partial charge in [-0.15, -0.1) is 0 Å². The van der Waals surface area contributed by atoms with Crippen LogP contribution in [0.2, 0.25) is 0 Å². The van der Waals surface area contributed by atoms with Gasteiger partial charge in [-0.3, -0.25) is 14.9 Å². The van der Waals surface area contributed by atoms with Crippen molar-refractivity contribution in [2.75, 3.05) is 0 Å². The van der Waals surface area contributed by atoms with Crippen LogP contribution in [0.25, 0.3) is 0 Å². The predicted octanol–water partition coefficient (Wildman–Crippen LogP) is 5.26. The Balaban J connectivity index is 1.71. The van der Waals surface area contributed by atoms with Crippen molar-refractivity contribution in [2.45, 2.75) is 26.2 Å². The zero-order valence-electron chi connectivity index (χ0n) is 16.1. The molecule has 0 atom stereocenters. The van der Waals surface area contributed by atoms with Gasteiger partial charge in [-0.05, 0) is 74.2 Å². The van der Waals surface area contributed by atoms with Gasteiger partial charge in [-0.25, -0.2) is 4.39 Å². The second-order valence-corrected chi connectivity index (χ2v) is 7.23. The smallest absolute Gasteiger partial charge is 0.273 e. The molecule has 3 aromatic carbocycles. The van der Waals surface area contributed by atoms with Gasteiger partial charge in [-0.1, -0.05) is 0 Å². The first-order valence-corrected chi connectivity index (χ1v) is 9.46. The number of halogens is 1. The minimum atomic E-state index is -0.469. The molecule has 1 N–H and O–H groups in total. The highest BCUT2D eigenvalue weighted by molar-refractivity contribution is 6.10. The molecule has 0 aliphatic heterocycles. The average Bonchev–Trinajstić information content (AvgIpc) is 3.20. The molecule has 0 bridgehead atoms. The first kappa shape index (κ1) is 19.6. The van der Waals surface area contributed by atoms with Crippen molar-refractivity contribution >= 4 is 11.5 Å². The number of hydrogen-bond donors (Lipinski definition) is 1. The Labute approximate surface area is 171 Å². The number of aromatic hydroxyl groups is 1. The number of fused-ring (bicyclic) bond motifs is 1. The quantitative estimate of drug-likeness (QED) is 0.354. The molecule has 1 aliphatic rings. The maximum atomic E-state index is 13.1. The summed E-state index contributed by atoms with van der Waals surface area (Å²) >= 11 is 0. The van der Waals surface area contributed by atoms with Crippen molar-refractivity contribution < 1.29 is 24.0 Å². The van der Waals surface area contributed by atoms with E-state index in [1.807, 2.05) is 0 Å². The van der Waals surface area contributed by atoms with E-state index in [4.69, 9.17) is 4.74 Å². The summed E-state index contributed by atoms with van der Waals surface area (Å²) in [5, 5.41) is 21.5. The fourth-order valence-electron chi connectivity index (χ4n) is 3.81. The van der Waals surface area contributed by atoms with Crippen LogP contribution >= 0.6 is 0 Å². The van der Waals surface area contributed by atoms with Crippen molar-refractivity contribution in [1.29, 1.82) is 0 Å². The van der Waals surface area contributed by atoms with Gasteiger partial charge in [-0.2, -0.15) is 0 Å².